The molecule has 1 N–H and O–H groups in total. The molecule has 3 heteroatoms. The highest BCUT2D eigenvalue weighted by Gasteiger charge is 2.06. The van der Waals surface area contributed by atoms with Crippen molar-refractivity contribution in [1.82, 2.24) is 0 Å². The molecule has 1 aliphatic carbocycles. The Balaban J connectivity index is 0.000000292. The van der Waals surface area contributed by atoms with E-state index in [0.717, 1.165) is 6.42 Å². The number of allylic oxidation sites excluding steroid dienone is 1. The maximum absolute atomic E-state index is 8.46. The Labute approximate surface area is 95.5 Å². The van der Waals surface area contributed by atoms with Gasteiger partial charge in [0, 0.05) is 0 Å². The summed E-state index contributed by atoms with van der Waals surface area (Å²) < 4.78 is 8.46. The Morgan fingerprint density at radius 1 is 1.12 bits per heavy atom. The van der Waals surface area contributed by atoms with Gasteiger partial charge in [0.25, 0.3) is 0 Å². The molecule has 1 aliphatic rings. The largest absolute Gasteiger partial charge is 0.324 e. The second kappa shape index (κ2) is 5.02. The maximum Gasteiger partial charge on any atom is 0.324 e. The van der Waals surface area contributed by atoms with Gasteiger partial charge in [-0.1, -0.05) is 48.6 Å². The zero-order valence-corrected chi connectivity index (χ0v) is 9.52. The van der Waals surface area contributed by atoms with Gasteiger partial charge in [-0.3, -0.25) is 0 Å². The van der Waals surface area contributed by atoms with Gasteiger partial charge in [-0.2, -0.15) is 0 Å². The van der Waals surface area contributed by atoms with Crippen LogP contribution in [0.5, 0.6) is 0 Å². The van der Waals surface area contributed by atoms with Crippen molar-refractivity contribution in [3.8, 4) is 0 Å². The van der Waals surface area contributed by atoms with Crippen molar-refractivity contribution in [2.75, 3.05) is 0 Å². The molecule has 0 spiro atoms. The van der Waals surface area contributed by atoms with E-state index in [1.54, 1.807) is 0 Å². The third kappa shape index (κ3) is 2.04. The van der Waals surface area contributed by atoms with Gasteiger partial charge in [-0.25, -0.2) is 4.57 Å². The van der Waals surface area contributed by atoms with Crippen LogP contribution in [0.25, 0.3) is 16.8 Å². The highest BCUT2D eigenvalue weighted by atomic mass is 31.1. The fourth-order valence-corrected chi connectivity index (χ4v) is 2.07. The first-order valence-corrected chi connectivity index (χ1v) is 5.77. The summed E-state index contributed by atoms with van der Waals surface area (Å²) in [5, 5.41) is 2.80. The van der Waals surface area contributed by atoms with Crippen LogP contribution in [0.1, 0.15) is 11.1 Å². The summed E-state index contributed by atoms with van der Waals surface area (Å²) in [4.78, 5) is 6.99. The highest BCUT2D eigenvalue weighted by molar-refractivity contribution is 7.16. The van der Waals surface area contributed by atoms with Crippen LogP contribution in [-0.4, -0.2) is 4.89 Å². The number of rotatable bonds is 0. The van der Waals surface area contributed by atoms with Crippen molar-refractivity contribution in [2.24, 2.45) is 0 Å². The summed E-state index contributed by atoms with van der Waals surface area (Å²) in [5.41, 5.74) is 2.81. The predicted molar refractivity (Wildman–Crippen MR) is 66.5 cm³/mol. The highest BCUT2D eigenvalue weighted by Crippen LogP contribution is 2.27. The molecule has 0 unspecified atom stereocenters. The van der Waals surface area contributed by atoms with Gasteiger partial charge >= 0.3 is 8.69 Å². The van der Waals surface area contributed by atoms with Gasteiger partial charge in [0.15, 0.2) is 0 Å². The standard InChI is InChI=1S/C13H10.HO2P/c1-4-10-6-2-8-12-9-3-7-11(5-1)13(10)12;1-3-2/h1-8H,9H2;(H,1,2). The molecule has 2 aromatic carbocycles. The van der Waals surface area contributed by atoms with Crippen LogP contribution in [-0.2, 0) is 11.0 Å². The van der Waals surface area contributed by atoms with Crippen LogP contribution in [0.15, 0.2) is 42.5 Å². The first-order valence-electron chi connectivity index (χ1n) is 5.00. The first kappa shape index (κ1) is 11.0. The van der Waals surface area contributed by atoms with Crippen LogP contribution in [0.4, 0.5) is 0 Å². The van der Waals surface area contributed by atoms with E-state index in [0.29, 0.717) is 0 Å². The van der Waals surface area contributed by atoms with Crippen LogP contribution >= 0.6 is 8.69 Å². The molecule has 2 nitrogen and oxygen atoms in total. The van der Waals surface area contributed by atoms with E-state index in [2.05, 4.69) is 48.6 Å². The Morgan fingerprint density at radius 3 is 2.56 bits per heavy atom. The second-order valence-corrected chi connectivity index (χ2v) is 3.71. The zero-order valence-electron chi connectivity index (χ0n) is 8.63. The number of hydrogen-bond donors (Lipinski definition) is 1. The van der Waals surface area contributed by atoms with Gasteiger partial charge in [-0.15, -0.1) is 0 Å². The molecule has 0 saturated heterocycles. The van der Waals surface area contributed by atoms with Crippen LogP contribution in [0.3, 0.4) is 0 Å². The van der Waals surface area contributed by atoms with E-state index in [1.807, 2.05) is 0 Å². The monoisotopic (exact) mass is 230 g/mol. The molecule has 0 amide bonds. The maximum atomic E-state index is 8.46. The third-order valence-corrected chi connectivity index (χ3v) is 2.66. The van der Waals surface area contributed by atoms with Gasteiger partial charge < -0.3 is 4.89 Å². The lowest BCUT2D eigenvalue weighted by molar-refractivity contribution is 0.524. The minimum Gasteiger partial charge on any atom is -0.310 e. The SMILES string of the molecule is C1=Cc2cccc3cccc(c23)C1.O=PO. The molecule has 80 valence electrons. The predicted octanol–water partition coefficient (Wildman–Crippen LogP) is 3.59. The van der Waals surface area contributed by atoms with E-state index in [1.165, 1.54) is 21.9 Å². The minimum atomic E-state index is -0.833. The number of benzene rings is 2. The topological polar surface area (TPSA) is 37.3 Å². The molecule has 0 fully saturated rings. The average Bonchev–Trinajstić information content (AvgIpc) is 2.31. The first-order chi connectivity index (χ1) is 7.86. The molecule has 0 saturated carbocycles. The lowest BCUT2D eigenvalue weighted by atomic mass is 9.93. The van der Waals surface area contributed by atoms with Crippen molar-refractivity contribution >= 4 is 25.5 Å². The quantitative estimate of drug-likeness (QED) is 0.702. The van der Waals surface area contributed by atoms with Crippen LogP contribution in [0.2, 0.25) is 0 Å². The van der Waals surface area contributed by atoms with E-state index in [9.17, 15) is 0 Å². The Morgan fingerprint density at radius 2 is 1.81 bits per heavy atom. The van der Waals surface area contributed by atoms with Crippen LogP contribution < -0.4 is 0 Å². The molecule has 16 heavy (non-hydrogen) atoms. The molecule has 0 radical (unpaired) electrons. The Hall–Kier alpha value is -1.50. The molecular weight excluding hydrogens is 219 g/mol. The van der Waals surface area contributed by atoms with Crippen molar-refractivity contribution in [1.29, 1.82) is 0 Å². The lowest BCUT2D eigenvalue weighted by Gasteiger charge is -2.11. The molecule has 3 rings (SSSR count). The van der Waals surface area contributed by atoms with Crippen molar-refractivity contribution < 1.29 is 9.46 Å². The lowest BCUT2D eigenvalue weighted by Crippen LogP contribution is -1.91. The van der Waals surface area contributed by atoms with Crippen molar-refractivity contribution in [3.05, 3.63) is 53.6 Å². The molecule has 0 atom stereocenters. The molecule has 0 bridgehead atoms. The van der Waals surface area contributed by atoms with E-state index >= 15 is 0 Å². The Kier molecular flexibility index (Phi) is 3.45. The summed E-state index contributed by atoms with van der Waals surface area (Å²) >= 11 is 0. The molecule has 0 aromatic heterocycles. The minimum absolute atomic E-state index is 0.833. The van der Waals surface area contributed by atoms with Crippen LogP contribution in [0, 0.1) is 0 Å². The zero-order chi connectivity index (χ0) is 11.4. The van der Waals surface area contributed by atoms with Gasteiger partial charge in [0.2, 0.25) is 0 Å². The smallest absolute Gasteiger partial charge is 0.310 e. The van der Waals surface area contributed by atoms with Crippen molar-refractivity contribution in [2.45, 2.75) is 6.42 Å². The van der Waals surface area contributed by atoms with E-state index < -0.39 is 8.69 Å². The van der Waals surface area contributed by atoms with Gasteiger partial charge in [-0.05, 0) is 28.3 Å². The third-order valence-electron chi connectivity index (χ3n) is 2.66. The molecule has 0 aliphatic heterocycles. The normalized spacial score (nSPS) is 12.3. The summed E-state index contributed by atoms with van der Waals surface area (Å²) in [5.74, 6) is 0. The summed E-state index contributed by atoms with van der Waals surface area (Å²) in [6.45, 7) is 0. The average molecular weight is 230 g/mol. The van der Waals surface area contributed by atoms with E-state index in [-0.39, 0.29) is 0 Å². The fourth-order valence-electron chi connectivity index (χ4n) is 2.07. The number of hydrogen-bond acceptors (Lipinski definition) is 1. The molecule has 2 aromatic rings. The molecular formula is C13H11O2P. The van der Waals surface area contributed by atoms with Gasteiger partial charge in [0.1, 0.15) is 0 Å². The van der Waals surface area contributed by atoms with Gasteiger partial charge in [0.05, 0.1) is 0 Å². The Bertz CT molecular complexity index is 541. The fraction of sp³-hybridized carbons (Fsp3) is 0.0769. The molecule has 0 heterocycles. The van der Waals surface area contributed by atoms with Crippen molar-refractivity contribution in [3.63, 3.8) is 0 Å². The summed E-state index contributed by atoms with van der Waals surface area (Å²) in [6.07, 6.45) is 5.53. The summed E-state index contributed by atoms with van der Waals surface area (Å²) in [6, 6.07) is 13.0. The summed E-state index contributed by atoms with van der Waals surface area (Å²) in [7, 11) is -0.833. The van der Waals surface area contributed by atoms with E-state index in [4.69, 9.17) is 9.46 Å². The second-order valence-electron chi connectivity index (χ2n) is 3.55.